The number of aliphatic hydroxyl groups excluding tert-OH is 1. The van der Waals surface area contributed by atoms with Crippen molar-refractivity contribution in [3.05, 3.63) is 70.3 Å². The van der Waals surface area contributed by atoms with Crippen molar-refractivity contribution in [2.45, 2.75) is 12.5 Å². The van der Waals surface area contributed by atoms with Gasteiger partial charge in [-0.25, -0.2) is 0 Å². The third-order valence-electron chi connectivity index (χ3n) is 4.66. The van der Waals surface area contributed by atoms with Gasteiger partial charge >= 0.3 is 5.97 Å². The van der Waals surface area contributed by atoms with Gasteiger partial charge < -0.3 is 19.8 Å². The molecule has 3 rings (SSSR count). The van der Waals surface area contributed by atoms with Crippen molar-refractivity contribution in [2.24, 2.45) is 0 Å². The lowest BCUT2D eigenvalue weighted by atomic mass is 9.94. The van der Waals surface area contributed by atoms with E-state index in [0.717, 1.165) is 4.90 Å². The summed E-state index contributed by atoms with van der Waals surface area (Å²) in [7, 11) is 1.45. The van der Waals surface area contributed by atoms with Gasteiger partial charge in [0.25, 0.3) is 11.7 Å². The first-order valence-corrected chi connectivity index (χ1v) is 9.12. The standard InChI is InChI=1S/C21H18ClNO6/c1-29-15-5-3-2-4-14(15)18-17(19(26)12-6-8-13(22)9-7-12)20(27)21(28)23(18)11-10-16(24)25/h2-9,18,26H,10-11H2,1H3,(H,24,25)/t18-/m1/s1. The molecule has 8 heteroatoms. The third kappa shape index (κ3) is 3.95. The number of rotatable bonds is 6. The predicted molar refractivity (Wildman–Crippen MR) is 106 cm³/mol. The fraction of sp³-hybridized carbons (Fsp3) is 0.190. The molecule has 1 atom stereocenters. The van der Waals surface area contributed by atoms with Gasteiger partial charge in [-0.15, -0.1) is 0 Å². The average Bonchev–Trinajstić information content (AvgIpc) is 2.96. The SMILES string of the molecule is COc1ccccc1[C@@H]1C(=C(O)c2ccc(Cl)cc2)C(=O)C(=O)N1CCC(=O)O. The van der Waals surface area contributed by atoms with Crippen LogP contribution in [0.5, 0.6) is 5.75 Å². The van der Waals surface area contributed by atoms with E-state index < -0.39 is 23.7 Å². The smallest absolute Gasteiger partial charge is 0.305 e. The lowest BCUT2D eigenvalue weighted by Gasteiger charge is -2.26. The van der Waals surface area contributed by atoms with Crippen LogP contribution in [0.25, 0.3) is 5.76 Å². The summed E-state index contributed by atoms with van der Waals surface area (Å²) in [6.07, 6.45) is -0.348. The highest BCUT2D eigenvalue weighted by molar-refractivity contribution is 6.46. The van der Waals surface area contributed by atoms with Crippen LogP contribution in [0.4, 0.5) is 0 Å². The number of amides is 1. The number of para-hydroxylation sites is 1. The summed E-state index contributed by atoms with van der Waals surface area (Å²) in [5, 5.41) is 20.4. The van der Waals surface area contributed by atoms with Crippen molar-refractivity contribution in [3.63, 3.8) is 0 Å². The number of carboxylic acids is 1. The minimum Gasteiger partial charge on any atom is -0.507 e. The summed E-state index contributed by atoms with van der Waals surface area (Å²) in [4.78, 5) is 37.7. The maximum Gasteiger partial charge on any atom is 0.305 e. The summed E-state index contributed by atoms with van der Waals surface area (Å²) >= 11 is 5.89. The molecule has 0 spiro atoms. The van der Waals surface area contributed by atoms with Gasteiger partial charge in [0, 0.05) is 22.7 Å². The van der Waals surface area contributed by atoms with E-state index in [1.165, 1.54) is 19.2 Å². The molecule has 29 heavy (non-hydrogen) atoms. The number of aliphatic carboxylic acids is 1. The molecule has 1 aliphatic rings. The molecule has 150 valence electrons. The van der Waals surface area contributed by atoms with Crippen LogP contribution in [-0.2, 0) is 14.4 Å². The molecule has 2 aromatic carbocycles. The van der Waals surface area contributed by atoms with Crippen molar-refractivity contribution in [1.82, 2.24) is 4.90 Å². The largest absolute Gasteiger partial charge is 0.507 e. The topological polar surface area (TPSA) is 104 Å². The molecule has 1 heterocycles. The third-order valence-corrected chi connectivity index (χ3v) is 4.91. The quantitative estimate of drug-likeness (QED) is 0.426. The van der Waals surface area contributed by atoms with Gasteiger partial charge in [0.2, 0.25) is 0 Å². The van der Waals surface area contributed by atoms with Crippen LogP contribution in [-0.4, -0.2) is 46.4 Å². The Morgan fingerprint density at radius 2 is 1.76 bits per heavy atom. The molecule has 7 nitrogen and oxygen atoms in total. The first-order chi connectivity index (χ1) is 13.8. The zero-order chi connectivity index (χ0) is 21.1. The van der Waals surface area contributed by atoms with Crippen LogP contribution in [0.1, 0.15) is 23.6 Å². The fourth-order valence-electron chi connectivity index (χ4n) is 3.31. The second-order valence-corrected chi connectivity index (χ2v) is 6.82. The highest BCUT2D eigenvalue weighted by atomic mass is 35.5. The first-order valence-electron chi connectivity index (χ1n) is 8.74. The van der Waals surface area contributed by atoms with Gasteiger partial charge in [-0.1, -0.05) is 29.8 Å². The lowest BCUT2D eigenvalue weighted by molar-refractivity contribution is -0.142. The van der Waals surface area contributed by atoms with Crippen molar-refractivity contribution < 1.29 is 29.3 Å². The van der Waals surface area contributed by atoms with E-state index in [0.29, 0.717) is 21.9 Å². The van der Waals surface area contributed by atoms with E-state index in [2.05, 4.69) is 0 Å². The summed E-state index contributed by atoms with van der Waals surface area (Å²) in [6.45, 7) is -0.194. The molecular formula is C21H18ClNO6. The van der Waals surface area contributed by atoms with Crippen LogP contribution in [0.2, 0.25) is 5.02 Å². The number of halogens is 1. The van der Waals surface area contributed by atoms with Crippen LogP contribution in [0.3, 0.4) is 0 Å². The van der Waals surface area contributed by atoms with E-state index in [9.17, 15) is 19.5 Å². The zero-order valence-corrected chi connectivity index (χ0v) is 16.2. The second-order valence-electron chi connectivity index (χ2n) is 6.39. The highest BCUT2D eigenvalue weighted by Gasteiger charge is 2.47. The Balaban J connectivity index is 2.20. The fourth-order valence-corrected chi connectivity index (χ4v) is 3.43. The van der Waals surface area contributed by atoms with Gasteiger partial charge in [-0.3, -0.25) is 14.4 Å². The molecule has 1 saturated heterocycles. The Hall–Kier alpha value is -3.32. The molecule has 1 amide bonds. The number of hydrogen-bond donors (Lipinski definition) is 2. The van der Waals surface area contributed by atoms with Gasteiger partial charge in [-0.05, 0) is 30.3 Å². The molecule has 2 N–H and O–H groups in total. The average molecular weight is 416 g/mol. The molecular weight excluding hydrogens is 398 g/mol. The van der Waals surface area contributed by atoms with E-state index in [4.69, 9.17) is 21.4 Å². The molecule has 0 radical (unpaired) electrons. The van der Waals surface area contributed by atoms with Crippen molar-refractivity contribution >= 4 is 35.0 Å². The van der Waals surface area contributed by atoms with Crippen LogP contribution in [0, 0.1) is 0 Å². The summed E-state index contributed by atoms with van der Waals surface area (Å²) in [5.74, 6) is -2.84. The molecule has 0 bridgehead atoms. The van der Waals surface area contributed by atoms with Crippen molar-refractivity contribution in [1.29, 1.82) is 0 Å². The molecule has 1 aliphatic heterocycles. The first kappa shape index (κ1) is 20.4. The molecule has 0 unspecified atom stereocenters. The van der Waals surface area contributed by atoms with E-state index in [1.54, 1.807) is 36.4 Å². The Morgan fingerprint density at radius 1 is 1.10 bits per heavy atom. The summed E-state index contributed by atoms with van der Waals surface area (Å²) < 4.78 is 5.36. The number of carbonyl (C=O) groups is 3. The molecule has 0 aromatic heterocycles. The highest BCUT2D eigenvalue weighted by Crippen LogP contribution is 2.42. The van der Waals surface area contributed by atoms with E-state index in [-0.39, 0.29) is 24.3 Å². The second kappa shape index (κ2) is 8.36. The van der Waals surface area contributed by atoms with E-state index >= 15 is 0 Å². The maximum atomic E-state index is 12.8. The number of hydrogen-bond acceptors (Lipinski definition) is 5. The van der Waals surface area contributed by atoms with Crippen molar-refractivity contribution in [2.75, 3.05) is 13.7 Å². The van der Waals surface area contributed by atoms with Crippen LogP contribution in [0.15, 0.2) is 54.1 Å². The maximum absolute atomic E-state index is 12.8. The minimum absolute atomic E-state index is 0.132. The lowest BCUT2D eigenvalue weighted by Crippen LogP contribution is -2.32. The molecule has 0 aliphatic carbocycles. The molecule has 1 fully saturated rings. The number of nitrogens with zero attached hydrogens (tertiary/aromatic N) is 1. The monoisotopic (exact) mass is 415 g/mol. The van der Waals surface area contributed by atoms with Crippen LogP contribution < -0.4 is 4.74 Å². The van der Waals surface area contributed by atoms with Crippen molar-refractivity contribution in [3.8, 4) is 5.75 Å². The number of ether oxygens (including phenoxy) is 1. The Bertz CT molecular complexity index is 998. The predicted octanol–water partition coefficient (Wildman–Crippen LogP) is 3.25. The molecule has 0 saturated carbocycles. The number of likely N-dealkylation sites (tertiary alicyclic amines) is 1. The van der Waals surface area contributed by atoms with E-state index in [1.807, 2.05) is 0 Å². The minimum atomic E-state index is -1.11. The number of methoxy groups -OCH3 is 1. The zero-order valence-electron chi connectivity index (χ0n) is 15.5. The number of benzene rings is 2. The molecule has 2 aromatic rings. The van der Waals surface area contributed by atoms with Crippen LogP contribution >= 0.6 is 11.6 Å². The summed E-state index contributed by atoms with van der Waals surface area (Å²) in [6, 6.07) is 11.9. The van der Waals surface area contributed by atoms with Gasteiger partial charge in [-0.2, -0.15) is 0 Å². The number of aliphatic hydroxyl groups is 1. The van der Waals surface area contributed by atoms with Gasteiger partial charge in [0.1, 0.15) is 11.5 Å². The summed E-state index contributed by atoms with van der Waals surface area (Å²) in [5.41, 5.74) is 0.646. The normalized spacial score (nSPS) is 18.1. The number of carbonyl (C=O) groups excluding carboxylic acids is 2. The number of carboxylic acid groups (broad SMARTS) is 1. The number of Topliss-reactive ketones (excluding diaryl/α,β-unsaturated/α-hetero) is 1. The number of ketones is 1. The van der Waals surface area contributed by atoms with Gasteiger partial charge in [0.05, 0.1) is 25.1 Å². The Labute approximate surface area is 171 Å². The Morgan fingerprint density at radius 3 is 2.38 bits per heavy atom. The van der Waals surface area contributed by atoms with Gasteiger partial charge in [0.15, 0.2) is 0 Å². The Kier molecular flexibility index (Phi) is 5.89.